The number of aromatic amines is 1. The van der Waals surface area contributed by atoms with Crippen molar-refractivity contribution in [2.45, 2.75) is 25.3 Å². The van der Waals surface area contributed by atoms with E-state index in [0.717, 1.165) is 19.3 Å². The van der Waals surface area contributed by atoms with Gasteiger partial charge in [0.1, 0.15) is 0 Å². The van der Waals surface area contributed by atoms with Gasteiger partial charge in [0, 0.05) is 12.4 Å². The molecule has 1 aromatic heterocycles. The highest BCUT2D eigenvalue weighted by molar-refractivity contribution is 5.40. The minimum Gasteiger partial charge on any atom is -0.359 e. The fraction of sp³-hybridized carbons (Fsp3) is 0.286. The summed E-state index contributed by atoms with van der Waals surface area (Å²) in [6.45, 7) is 0. The molecule has 1 aromatic carbocycles. The van der Waals surface area contributed by atoms with Gasteiger partial charge in [0.2, 0.25) is 0 Å². The first-order valence-corrected chi connectivity index (χ1v) is 6.22. The van der Waals surface area contributed by atoms with Crippen LogP contribution in [0.2, 0.25) is 0 Å². The van der Waals surface area contributed by atoms with Gasteiger partial charge in [-0.15, -0.1) is 0 Å². The predicted molar refractivity (Wildman–Crippen MR) is 70.6 cm³/mol. The number of benzene rings is 1. The maximum Gasteiger partial charge on any atom is 0.290 e. The largest absolute Gasteiger partial charge is 0.359 e. The Bertz CT molecular complexity index is 606. The Kier molecular flexibility index (Phi) is 2.84. The smallest absolute Gasteiger partial charge is 0.290 e. The van der Waals surface area contributed by atoms with Gasteiger partial charge in [-0.3, -0.25) is 4.79 Å². The van der Waals surface area contributed by atoms with Crippen LogP contribution in [-0.4, -0.2) is 9.97 Å². The lowest BCUT2D eigenvalue weighted by Crippen LogP contribution is -2.22. The zero-order valence-corrected chi connectivity index (χ0v) is 10.0. The fourth-order valence-corrected chi connectivity index (χ4v) is 2.52. The van der Waals surface area contributed by atoms with Gasteiger partial charge in [-0.05, 0) is 30.4 Å². The second-order valence-corrected chi connectivity index (χ2v) is 4.55. The molecule has 4 nitrogen and oxygen atoms in total. The summed E-state index contributed by atoms with van der Waals surface area (Å²) < 4.78 is 0. The molecule has 1 heterocycles. The minimum atomic E-state index is -0.166. The molecule has 4 heteroatoms. The van der Waals surface area contributed by atoms with Gasteiger partial charge < -0.3 is 10.3 Å². The zero-order valence-electron chi connectivity index (χ0n) is 10.0. The Morgan fingerprint density at radius 1 is 1.33 bits per heavy atom. The van der Waals surface area contributed by atoms with Gasteiger partial charge >= 0.3 is 0 Å². The van der Waals surface area contributed by atoms with Crippen molar-refractivity contribution < 1.29 is 0 Å². The van der Waals surface area contributed by atoms with Crippen molar-refractivity contribution in [2.75, 3.05) is 5.32 Å². The van der Waals surface area contributed by atoms with E-state index in [1.807, 2.05) is 6.07 Å². The van der Waals surface area contributed by atoms with Crippen LogP contribution in [0.4, 0.5) is 5.82 Å². The van der Waals surface area contributed by atoms with Crippen LogP contribution in [0.5, 0.6) is 0 Å². The summed E-state index contributed by atoms with van der Waals surface area (Å²) in [5.41, 5.74) is 2.49. The summed E-state index contributed by atoms with van der Waals surface area (Å²) in [5, 5.41) is 3.25. The number of fused-ring (bicyclic) bond motifs is 1. The molecule has 92 valence electrons. The lowest BCUT2D eigenvalue weighted by Gasteiger charge is -2.26. The molecule has 0 saturated heterocycles. The number of aromatic nitrogens is 2. The quantitative estimate of drug-likeness (QED) is 0.848. The second-order valence-electron chi connectivity index (χ2n) is 4.55. The fourth-order valence-electron chi connectivity index (χ4n) is 2.52. The summed E-state index contributed by atoms with van der Waals surface area (Å²) in [6, 6.07) is 8.58. The maximum atomic E-state index is 11.6. The molecule has 2 aromatic rings. The van der Waals surface area contributed by atoms with E-state index in [-0.39, 0.29) is 11.6 Å². The highest BCUT2D eigenvalue weighted by atomic mass is 16.1. The highest BCUT2D eigenvalue weighted by Gasteiger charge is 2.20. The van der Waals surface area contributed by atoms with Crippen molar-refractivity contribution >= 4 is 5.82 Å². The van der Waals surface area contributed by atoms with E-state index in [1.165, 1.54) is 11.1 Å². The summed E-state index contributed by atoms with van der Waals surface area (Å²) >= 11 is 0. The molecule has 0 fully saturated rings. The van der Waals surface area contributed by atoms with E-state index in [2.05, 4.69) is 33.5 Å². The van der Waals surface area contributed by atoms with Crippen molar-refractivity contribution in [1.82, 2.24) is 9.97 Å². The standard InChI is InChI=1S/C14H15N3O/c18-14-13(15-8-9-16-14)17-12-7-3-5-10-4-1-2-6-11(10)12/h1-2,4,6,8-9,12H,3,5,7H2,(H,15,17)(H,16,18)/t12-/m0/s1. The molecule has 0 saturated carbocycles. The third-order valence-corrected chi connectivity index (χ3v) is 3.39. The lowest BCUT2D eigenvalue weighted by atomic mass is 9.88. The first-order valence-electron chi connectivity index (χ1n) is 6.22. The average Bonchev–Trinajstić information content (AvgIpc) is 2.42. The number of anilines is 1. The third-order valence-electron chi connectivity index (χ3n) is 3.39. The predicted octanol–water partition coefficient (Wildman–Crippen LogP) is 2.26. The summed E-state index contributed by atoms with van der Waals surface area (Å²) in [6.07, 6.45) is 6.43. The maximum absolute atomic E-state index is 11.6. The van der Waals surface area contributed by atoms with Crippen molar-refractivity contribution in [3.8, 4) is 0 Å². The van der Waals surface area contributed by atoms with E-state index >= 15 is 0 Å². The van der Waals surface area contributed by atoms with Crippen LogP contribution in [0.3, 0.4) is 0 Å². The van der Waals surface area contributed by atoms with E-state index in [1.54, 1.807) is 12.4 Å². The first kappa shape index (κ1) is 11.0. The molecular weight excluding hydrogens is 226 g/mol. The molecule has 0 aliphatic heterocycles. The normalized spacial score (nSPS) is 18.1. The van der Waals surface area contributed by atoms with Crippen LogP contribution in [0.15, 0.2) is 41.5 Å². The van der Waals surface area contributed by atoms with E-state index in [4.69, 9.17) is 0 Å². The topological polar surface area (TPSA) is 57.8 Å². The molecule has 0 radical (unpaired) electrons. The molecule has 0 spiro atoms. The average molecular weight is 241 g/mol. The SMILES string of the molecule is O=c1[nH]ccnc1N[C@H]1CCCc2ccccc21. The number of hydrogen-bond acceptors (Lipinski definition) is 3. The molecule has 1 aliphatic rings. The van der Waals surface area contributed by atoms with E-state index < -0.39 is 0 Å². The molecular formula is C14H15N3O. The third kappa shape index (κ3) is 2.01. The Labute approximate surface area is 105 Å². The van der Waals surface area contributed by atoms with Crippen LogP contribution < -0.4 is 10.9 Å². The Morgan fingerprint density at radius 3 is 3.11 bits per heavy atom. The van der Waals surface area contributed by atoms with E-state index in [9.17, 15) is 4.79 Å². The van der Waals surface area contributed by atoms with E-state index in [0.29, 0.717) is 5.82 Å². The Morgan fingerprint density at radius 2 is 2.22 bits per heavy atom. The molecule has 0 amide bonds. The van der Waals surface area contributed by atoms with Crippen molar-refractivity contribution in [3.63, 3.8) is 0 Å². The summed E-state index contributed by atoms with van der Waals surface area (Å²) in [4.78, 5) is 18.3. The number of aryl methyl sites for hydroxylation is 1. The molecule has 18 heavy (non-hydrogen) atoms. The lowest BCUT2D eigenvalue weighted by molar-refractivity contribution is 0.597. The molecule has 0 unspecified atom stereocenters. The van der Waals surface area contributed by atoms with Gasteiger partial charge in [0.15, 0.2) is 5.82 Å². The number of hydrogen-bond donors (Lipinski definition) is 2. The van der Waals surface area contributed by atoms with Crippen LogP contribution >= 0.6 is 0 Å². The molecule has 0 bridgehead atoms. The Balaban J connectivity index is 1.91. The van der Waals surface area contributed by atoms with Gasteiger partial charge in [-0.25, -0.2) is 4.98 Å². The van der Waals surface area contributed by atoms with Crippen molar-refractivity contribution in [2.24, 2.45) is 0 Å². The van der Waals surface area contributed by atoms with Crippen molar-refractivity contribution in [1.29, 1.82) is 0 Å². The monoisotopic (exact) mass is 241 g/mol. The number of nitrogens with zero attached hydrogens (tertiary/aromatic N) is 1. The molecule has 1 atom stereocenters. The molecule has 1 aliphatic carbocycles. The minimum absolute atomic E-state index is 0.166. The Hall–Kier alpha value is -2.10. The van der Waals surface area contributed by atoms with Crippen LogP contribution in [0.1, 0.15) is 30.0 Å². The van der Waals surface area contributed by atoms with Gasteiger partial charge in [-0.1, -0.05) is 24.3 Å². The highest BCUT2D eigenvalue weighted by Crippen LogP contribution is 2.31. The summed E-state index contributed by atoms with van der Waals surface area (Å²) in [5.74, 6) is 0.402. The van der Waals surface area contributed by atoms with Gasteiger partial charge in [0.25, 0.3) is 5.56 Å². The first-order chi connectivity index (χ1) is 8.84. The van der Waals surface area contributed by atoms with Crippen molar-refractivity contribution in [3.05, 3.63) is 58.1 Å². The van der Waals surface area contributed by atoms with Crippen LogP contribution in [-0.2, 0) is 6.42 Å². The number of H-pyrrole nitrogens is 1. The van der Waals surface area contributed by atoms with Crippen LogP contribution in [0.25, 0.3) is 0 Å². The second kappa shape index (κ2) is 4.64. The number of rotatable bonds is 2. The molecule has 3 rings (SSSR count). The molecule has 2 N–H and O–H groups in total. The van der Waals surface area contributed by atoms with Gasteiger partial charge in [-0.2, -0.15) is 0 Å². The van der Waals surface area contributed by atoms with Gasteiger partial charge in [0.05, 0.1) is 6.04 Å². The zero-order chi connectivity index (χ0) is 12.4. The van der Waals surface area contributed by atoms with Crippen LogP contribution in [0, 0.1) is 0 Å². The summed E-state index contributed by atoms with van der Waals surface area (Å²) in [7, 11) is 0. The number of nitrogens with one attached hydrogen (secondary N) is 2.